The number of hydrogen-bond donors (Lipinski definition) is 1. The minimum absolute atomic E-state index is 0.510. The molecule has 0 atom stereocenters. The Balaban J connectivity index is 2.45. The minimum Gasteiger partial charge on any atom is -0.370 e. The van der Waals surface area contributed by atoms with Crippen LogP contribution in [0.15, 0.2) is 30.6 Å². The van der Waals surface area contributed by atoms with Gasteiger partial charge in [-0.05, 0) is 13.0 Å². The largest absolute Gasteiger partial charge is 0.370 e. The van der Waals surface area contributed by atoms with Crippen molar-refractivity contribution in [3.8, 4) is 11.3 Å². The summed E-state index contributed by atoms with van der Waals surface area (Å²) in [6.45, 7) is 2.81. The molecular weight excluding hydrogens is 257 g/mol. The van der Waals surface area contributed by atoms with Crippen LogP contribution in [0.4, 0.5) is 5.82 Å². The molecule has 17 heavy (non-hydrogen) atoms. The quantitative estimate of drug-likeness (QED) is 0.917. The second-order valence-electron chi connectivity index (χ2n) is 3.42. The molecule has 0 fully saturated rings. The molecule has 2 aromatic rings. The van der Waals surface area contributed by atoms with Crippen molar-refractivity contribution in [3.05, 3.63) is 40.6 Å². The van der Waals surface area contributed by atoms with Gasteiger partial charge in [0, 0.05) is 18.2 Å². The molecule has 0 bridgehead atoms. The fraction of sp³-hybridized carbons (Fsp3) is 0.167. The molecule has 0 spiro atoms. The first-order valence-corrected chi connectivity index (χ1v) is 5.98. The topological polar surface area (TPSA) is 37.8 Å². The highest BCUT2D eigenvalue weighted by Gasteiger charge is 2.08. The first-order valence-electron chi connectivity index (χ1n) is 5.22. The van der Waals surface area contributed by atoms with Crippen LogP contribution >= 0.6 is 23.2 Å². The normalized spacial score (nSPS) is 10.3. The van der Waals surface area contributed by atoms with Gasteiger partial charge in [0.05, 0.1) is 15.7 Å². The van der Waals surface area contributed by atoms with Crippen LogP contribution in [0.2, 0.25) is 10.0 Å². The molecule has 0 saturated heterocycles. The number of halogens is 2. The smallest absolute Gasteiger partial charge is 0.129 e. The van der Waals surface area contributed by atoms with Gasteiger partial charge < -0.3 is 5.32 Å². The standard InChI is InChI=1S/C12H11Cl2N3/c1-2-15-11-6-10(16-7-17-11)8-4-3-5-9(13)12(8)14/h3-7H,2H2,1H3,(H,15,16,17). The summed E-state index contributed by atoms with van der Waals surface area (Å²) >= 11 is 12.1. The van der Waals surface area contributed by atoms with Gasteiger partial charge in [-0.15, -0.1) is 0 Å². The molecule has 3 nitrogen and oxygen atoms in total. The first kappa shape index (κ1) is 12.1. The zero-order chi connectivity index (χ0) is 12.3. The van der Waals surface area contributed by atoms with Gasteiger partial charge >= 0.3 is 0 Å². The van der Waals surface area contributed by atoms with Gasteiger partial charge in [0.1, 0.15) is 12.1 Å². The molecule has 1 heterocycles. The summed E-state index contributed by atoms with van der Waals surface area (Å²) in [5, 5.41) is 4.16. The van der Waals surface area contributed by atoms with Crippen LogP contribution in [-0.4, -0.2) is 16.5 Å². The van der Waals surface area contributed by atoms with Crippen molar-refractivity contribution < 1.29 is 0 Å². The molecule has 5 heteroatoms. The van der Waals surface area contributed by atoms with E-state index >= 15 is 0 Å². The third-order valence-corrected chi connectivity index (χ3v) is 3.07. The van der Waals surface area contributed by atoms with Crippen LogP contribution in [0.3, 0.4) is 0 Å². The predicted molar refractivity (Wildman–Crippen MR) is 71.7 cm³/mol. The third kappa shape index (κ3) is 2.68. The molecule has 88 valence electrons. The van der Waals surface area contributed by atoms with E-state index < -0.39 is 0 Å². The molecule has 2 rings (SSSR count). The zero-order valence-electron chi connectivity index (χ0n) is 9.24. The van der Waals surface area contributed by atoms with Gasteiger partial charge in [-0.3, -0.25) is 0 Å². The summed E-state index contributed by atoms with van der Waals surface area (Å²) in [5.74, 6) is 0.772. The molecule has 0 amide bonds. The maximum atomic E-state index is 6.14. The summed E-state index contributed by atoms with van der Waals surface area (Å²) in [4.78, 5) is 8.31. The van der Waals surface area contributed by atoms with Gasteiger partial charge in [0.2, 0.25) is 0 Å². The zero-order valence-corrected chi connectivity index (χ0v) is 10.8. The number of rotatable bonds is 3. The van der Waals surface area contributed by atoms with Crippen molar-refractivity contribution in [2.45, 2.75) is 6.92 Å². The van der Waals surface area contributed by atoms with E-state index in [-0.39, 0.29) is 0 Å². The summed E-state index contributed by atoms with van der Waals surface area (Å²) in [5.41, 5.74) is 1.56. The Hall–Kier alpha value is -1.32. The molecule has 1 N–H and O–H groups in total. The van der Waals surface area contributed by atoms with Crippen LogP contribution in [0.5, 0.6) is 0 Å². The van der Waals surface area contributed by atoms with Gasteiger partial charge in [-0.25, -0.2) is 9.97 Å². The van der Waals surface area contributed by atoms with E-state index in [1.807, 2.05) is 25.1 Å². The average Bonchev–Trinajstić information content (AvgIpc) is 2.33. The van der Waals surface area contributed by atoms with Gasteiger partial charge in [-0.2, -0.15) is 0 Å². The molecule has 0 aliphatic heterocycles. The van der Waals surface area contributed by atoms with E-state index in [0.29, 0.717) is 10.0 Å². The summed E-state index contributed by atoms with van der Waals surface area (Å²) < 4.78 is 0. The molecule has 1 aromatic carbocycles. The van der Waals surface area contributed by atoms with E-state index in [2.05, 4.69) is 15.3 Å². The second-order valence-corrected chi connectivity index (χ2v) is 4.21. The van der Waals surface area contributed by atoms with Crippen molar-refractivity contribution in [2.75, 3.05) is 11.9 Å². The predicted octanol–water partition coefficient (Wildman–Crippen LogP) is 3.88. The van der Waals surface area contributed by atoms with Crippen molar-refractivity contribution in [3.63, 3.8) is 0 Å². The highest BCUT2D eigenvalue weighted by molar-refractivity contribution is 6.43. The maximum absolute atomic E-state index is 6.14. The van der Waals surface area contributed by atoms with Crippen LogP contribution in [-0.2, 0) is 0 Å². The highest BCUT2D eigenvalue weighted by Crippen LogP contribution is 2.32. The fourth-order valence-corrected chi connectivity index (χ4v) is 1.88. The fourth-order valence-electron chi connectivity index (χ4n) is 1.48. The highest BCUT2D eigenvalue weighted by atomic mass is 35.5. The lowest BCUT2D eigenvalue weighted by atomic mass is 10.1. The number of anilines is 1. The lowest BCUT2D eigenvalue weighted by Crippen LogP contribution is -2.00. The van der Waals surface area contributed by atoms with Crippen LogP contribution in [0.1, 0.15) is 6.92 Å². The average molecular weight is 268 g/mol. The van der Waals surface area contributed by atoms with Gasteiger partial charge in [0.15, 0.2) is 0 Å². The van der Waals surface area contributed by atoms with Crippen molar-refractivity contribution in [2.24, 2.45) is 0 Å². The van der Waals surface area contributed by atoms with Crippen molar-refractivity contribution in [1.29, 1.82) is 0 Å². The van der Waals surface area contributed by atoms with Crippen LogP contribution in [0, 0.1) is 0 Å². The lowest BCUT2D eigenvalue weighted by Gasteiger charge is -2.07. The molecular formula is C12H11Cl2N3. The number of aromatic nitrogens is 2. The van der Waals surface area contributed by atoms with E-state index in [0.717, 1.165) is 23.6 Å². The van der Waals surface area contributed by atoms with Gasteiger partial charge in [0.25, 0.3) is 0 Å². The molecule has 0 aliphatic carbocycles. The summed E-state index contributed by atoms with van der Waals surface area (Å²) in [6.07, 6.45) is 1.50. The van der Waals surface area contributed by atoms with Crippen LogP contribution < -0.4 is 5.32 Å². The third-order valence-electron chi connectivity index (χ3n) is 2.25. The molecule has 1 aromatic heterocycles. The molecule has 0 aliphatic rings. The number of nitrogens with zero attached hydrogens (tertiary/aromatic N) is 2. The van der Waals surface area contributed by atoms with Crippen molar-refractivity contribution >= 4 is 29.0 Å². The van der Waals surface area contributed by atoms with Gasteiger partial charge in [-0.1, -0.05) is 35.3 Å². The molecule has 0 radical (unpaired) electrons. The Morgan fingerprint density at radius 1 is 1.24 bits per heavy atom. The SMILES string of the molecule is CCNc1cc(-c2cccc(Cl)c2Cl)ncn1. The van der Waals surface area contributed by atoms with E-state index in [9.17, 15) is 0 Å². The van der Waals surface area contributed by atoms with E-state index in [1.165, 1.54) is 6.33 Å². The monoisotopic (exact) mass is 267 g/mol. The maximum Gasteiger partial charge on any atom is 0.129 e. The Morgan fingerprint density at radius 2 is 2.06 bits per heavy atom. The Bertz CT molecular complexity index is 529. The summed E-state index contributed by atoms with van der Waals surface area (Å²) in [7, 11) is 0. The molecule has 0 saturated carbocycles. The first-order chi connectivity index (χ1) is 8.22. The Labute approximate surface area is 110 Å². The number of nitrogens with one attached hydrogen (secondary N) is 1. The molecule has 0 unspecified atom stereocenters. The summed E-state index contributed by atoms with van der Waals surface area (Å²) in [6, 6.07) is 7.33. The second kappa shape index (κ2) is 5.34. The minimum atomic E-state index is 0.510. The Morgan fingerprint density at radius 3 is 2.82 bits per heavy atom. The van der Waals surface area contributed by atoms with E-state index in [4.69, 9.17) is 23.2 Å². The Kier molecular flexibility index (Phi) is 3.82. The van der Waals surface area contributed by atoms with Crippen molar-refractivity contribution in [1.82, 2.24) is 9.97 Å². The lowest BCUT2D eigenvalue weighted by molar-refractivity contribution is 1.11. The number of hydrogen-bond acceptors (Lipinski definition) is 3. The van der Waals surface area contributed by atoms with E-state index in [1.54, 1.807) is 6.07 Å². The number of benzene rings is 1. The van der Waals surface area contributed by atoms with Crippen LogP contribution in [0.25, 0.3) is 11.3 Å².